The van der Waals surface area contributed by atoms with Gasteiger partial charge in [0.1, 0.15) is 0 Å². The number of hydrogen-bond donors (Lipinski definition) is 0. The SMILES string of the molecule is Cc1ccc(-c2[c-]cc(CCc3cc(CCc4c[c-]c(-c5cc(C)ccn5)cc4)cc(-c4ccccc4-c4c[c-]c(-c5cc(-c6ccc(-c7ccccc7)cc6)c(-c6ccccc6)cn5)cc4)c3)cc2)nc1.[Ir+3]. The molecule has 3 heterocycles. The van der Waals surface area contributed by atoms with Gasteiger partial charge >= 0.3 is 20.1 Å². The van der Waals surface area contributed by atoms with E-state index in [1.807, 2.05) is 24.7 Å². The number of aromatic nitrogens is 3. The summed E-state index contributed by atoms with van der Waals surface area (Å²) >= 11 is 0. The van der Waals surface area contributed by atoms with Gasteiger partial charge in [-0.3, -0.25) is 0 Å². The molecule has 0 radical (unpaired) electrons. The van der Waals surface area contributed by atoms with Crippen molar-refractivity contribution in [3.8, 4) is 89.4 Å². The first kappa shape index (κ1) is 48.5. The molecule has 3 nitrogen and oxygen atoms in total. The van der Waals surface area contributed by atoms with E-state index in [9.17, 15) is 0 Å². The Labute approximate surface area is 443 Å². The molecular formula is C69H52IrN3. The summed E-state index contributed by atoms with van der Waals surface area (Å²) in [5, 5.41) is 0. The second kappa shape index (κ2) is 22.5. The van der Waals surface area contributed by atoms with Gasteiger partial charge in [0.2, 0.25) is 0 Å². The van der Waals surface area contributed by atoms with E-state index in [4.69, 9.17) is 4.98 Å². The van der Waals surface area contributed by atoms with Crippen LogP contribution in [0.3, 0.4) is 0 Å². The maximum atomic E-state index is 5.04. The number of benzene rings is 8. The van der Waals surface area contributed by atoms with Crippen molar-refractivity contribution in [3.05, 3.63) is 282 Å². The van der Waals surface area contributed by atoms with Gasteiger partial charge in [-0.1, -0.05) is 181 Å². The van der Waals surface area contributed by atoms with Crippen LogP contribution in [0.1, 0.15) is 33.4 Å². The molecule has 11 aromatic rings. The van der Waals surface area contributed by atoms with Gasteiger partial charge in [-0.05, 0) is 105 Å². The van der Waals surface area contributed by atoms with Crippen LogP contribution >= 0.6 is 0 Å². The Morgan fingerprint density at radius 1 is 0.315 bits per heavy atom. The standard InChI is InChI=1S/C69H52N3.Ir/c1-48-39-40-70-68(41-48)60-28-24-51(25-29-60)19-21-53-42-52(20-18-50-22-26-59(27-23-50)67-38-17-49(2)46-71-67)43-62(44-53)64-16-10-9-15-63(64)57-34-36-61(37-35-57)69-45-65(66(47-72-69)56-13-7-4-8-14-56)58-32-30-55(31-33-58)54-11-5-3-6-12-54;/h3-17,22-26,28,30-36,38-47H,18-21H2,1-2H3;/q-3;+3. The molecule has 0 bridgehead atoms. The van der Waals surface area contributed by atoms with Crippen LogP contribution in [0.15, 0.2) is 231 Å². The number of nitrogens with zero attached hydrogens (tertiary/aromatic N) is 3. The van der Waals surface area contributed by atoms with Gasteiger partial charge in [-0.2, -0.15) is 0 Å². The van der Waals surface area contributed by atoms with E-state index in [1.54, 1.807) is 0 Å². The van der Waals surface area contributed by atoms with E-state index in [0.29, 0.717) is 0 Å². The van der Waals surface area contributed by atoms with Crippen molar-refractivity contribution in [3.63, 3.8) is 0 Å². The minimum Gasteiger partial charge on any atom is -0.305 e. The molecule has 0 aliphatic heterocycles. The molecule has 73 heavy (non-hydrogen) atoms. The molecule has 0 spiro atoms. The summed E-state index contributed by atoms with van der Waals surface area (Å²) in [5.41, 5.74) is 24.8. The first-order valence-electron chi connectivity index (χ1n) is 24.8. The third kappa shape index (κ3) is 11.5. The second-order valence-corrected chi connectivity index (χ2v) is 18.7. The molecule has 0 saturated heterocycles. The molecule has 0 amide bonds. The van der Waals surface area contributed by atoms with Crippen LogP contribution in [0.4, 0.5) is 0 Å². The Morgan fingerprint density at radius 3 is 1.41 bits per heavy atom. The normalized spacial score (nSPS) is 11.0. The summed E-state index contributed by atoms with van der Waals surface area (Å²) in [6.45, 7) is 4.16. The topological polar surface area (TPSA) is 38.7 Å². The Bertz CT molecular complexity index is 3590. The van der Waals surface area contributed by atoms with Gasteiger partial charge in [-0.15, -0.1) is 101 Å². The fourth-order valence-electron chi connectivity index (χ4n) is 9.54. The monoisotopic (exact) mass is 1120 g/mol. The summed E-state index contributed by atoms with van der Waals surface area (Å²) in [6.07, 6.45) is 9.41. The minimum atomic E-state index is 0. The Balaban J connectivity index is 0.00000611. The quantitative estimate of drug-likeness (QED) is 0.102. The largest absolute Gasteiger partial charge is 3.00 e. The molecule has 8 aromatic carbocycles. The first-order chi connectivity index (χ1) is 35.5. The van der Waals surface area contributed by atoms with Crippen LogP contribution in [-0.2, 0) is 45.8 Å². The van der Waals surface area contributed by atoms with Gasteiger partial charge in [-0.25, -0.2) is 0 Å². The fourth-order valence-corrected chi connectivity index (χ4v) is 9.54. The van der Waals surface area contributed by atoms with E-state index in [2.05, 4.69) is 248 Å². The van der Waals surface area contributed by atoms with Gasteiger partial charge in [0.15, 0.2) is 0 Å². The van der Waals surface area contributed by atoms with E-state index in [-0.39, 0.29) is 20.1 Å². The minimum absolute atomic E-state index is 0. The number of pyridine rings is 3. The molecule has 0 atom stereocenters. The molecule has 352 valence electrons. The van der Waals surface area contributed by atoms with Crippen molar-refractivity contribution >= 4 is 0 Å². The predicted octanol–water partition coefficient (Wildman–Crippen LogP) is 16.8. The van der Waals surface area contributed by atoms with Crippen molar-refractivity contribution in [1.82, 2.24) is 15.0 Å². The van der Waals surface area contributed by atoms with E-state index in [1.165, 1.54) is 55.6 Å². The van der Waals surface area contributed by atoms with E-state index >= 15 is 0 Å². The number of rotatable bonds is 14. The summed E-state index contributed by atoms with van der Waals surface area (Å²) in [7, 11) is 0. The zero-order valence-electron chi connectivity index (χ0n) is 40.9. The Kier molecular flexibility index (Phi) is 15.0. The average Bonchev–Trinajstić information content (AvgIpc) is 3.45. The van der Waals surface area contributed by atoms with Gasteiger partial charge in [0.25, 0.3) is 0 Å². The summed E-state index contributed by atoms with van der Waals surface area (Å²) in [5.74, 6) is 0. The van der Waals surface area contributed by atoms with Crippen LogP contribution in [0.25, 0.3) is 89.4 Å². The second-order valence-electron chi connectivity index (χ2n) is 18.7. The van der Waals surface area contributed by atoms with Gasteiger partial charge in [0, 0.05) is 24.2 Å². The van der Waals surface area contributed by atoms with Crippen LogP contribution in [0.2, 0.25) is 0 Å². The molecule has 0 saturated carbocycles. The molecule has 0 aliphatic rings. The third-order valence-corrected chi connectivity index (χ3v) is 13.5. The summed E-state index contributed by atoms with van der Waals surface area (Å²) in [6, 6.07) is 86.5. The fraction of sp³-hybridized carbons (Fsp3) is 0.0870. The molecule has 4 heteroatoms. The number of aryl methyl sites for hydroxylation is 6. The van der Waals surface area contributed by atoms with E-state index in [0.717, 1.165) is 92.8 Å². The van der Waals surface area contributed by atoms with Crippen LogP contribution in [-0.4, -0.2) is 15.0 Å². The van der Waals surface area contributed by atoms with Crippen molar-refractivity contribution in [2.75, 3.05) is 0 Å². The van der Waals surface area contributed by atoms with Crippen molar-refractivity contribution in [2.24, 2.45) is 0 Å². The molecule has 0 fully saturated rings. The molecule has 3 aromatic heterocycles. The molecule has 0 N–H and O–H groups in total. The summed E-state index contributed by atoms with van der Waals surface area (Å²) < 4.78 is 0. The van der Waals surface area contributed by atoms with Gasteiger partial charge < -0.3 is 15.0 Å². The van der Waals surface area contributed by atoms with Crippen molar-refractivity contribution < 1.29 is 20.1 Å². The maximum absolute atomic E-state index is 5.04. The van der Waals surface area contributed by atoms with Crippen LogP contribution in [0.5, 0.6) is 0 Å². The predicted molar refractivity (Wildman–Crippen MR) is 297 cm³/mol. The molecular weight excluding hydrogens is 1060 g/mol. The number of hydrogen-bond acceptors (Lipinski definition) is 3. The first-order valence-corrected chi connectivity index (χ1v) is 24.8. The van der Waals surface area contributed by atoms with Gasteiger partial charge in [0.05, 0.1) is 0 Å². The summed E-state index contributed by atoms with van der Waals surface area (Å²) in [4.78, 5) is 14.2. The van der Waals surface area contributed by atoms with Crippen LogP contribution < -0.4 is 0 Å². The molecule has 11 rings (SSSR count). The zero-order valence-corrected chi connectivity index (χ0v) is 43.3. The zero-order chi connectivity index (χ0) is 48.6. The Hall–Kier alpha value is -8.14. The van der Waals surface area contributed by atoms with E-state index < -0.39 is 0 Å². The third-order valence-electron chi connectivity index (χ3n) is 13.5. The maximum Gasteiger partial charge on any atom is 3.00 e. The van der Waals surface area contributed by atoms with Crippen LogP contribution in [0, 0.1) is 32.0 Å². The van der Waals surface area contributed by atoms with Crippen molar-refractivity contribution in [1.29, 1.82) is 0 Å². The average molecular weight is 1120 g/mol. The Morgan fingerprint density at radius 2 is 0.822 bits per heavy atom. The molecule has 0 aliphatic carbocycles. The molecule has 0 unspecified atom stereocenters. The smallest absolute Gasteiger partial charge is 0.305 e. The van der Waals surface area contributed by atoms with Crippen molar-refractivity contribution in [2.45, 2.75) is 39.5 Å².